The van der Waals surface area contributed by atoms with Crippen LogP contribution in [-0.4, -0.2) is 63.2 Å². The summed E-state index contributed by atoms with van der Waals surface area (Å²) in [6.07, 6.45) is 3.46. The molecule has 1 N–H and O–H groups in total. The second-order valence-electron chi connectivity index (χ2n) is 6.63. The van der Waals surface area contributed by atoms with Crippen LogP contribution in [0.4, 0.5) is 0 Å². The van der Waals surface area contributed by atoms with Gasteiger partial charge >= 0.3 is 0 Å². The number of benzene rings is 1. The molecule has 1 aliphatic heterocycles. The molecule has 0 amide bonds. The number of piperidine rings is 1. The van der Waals surface area contributed by atoms with Gasteiger partial charge in [-0.15, -0.1) is 0 Å². The molecule has 1 aromatic carbocycles. The second-order valence-corrected chi connectivity index (χ2v) is 8.46. The van der Waals surface area contributed by atoms with E-state index in [9.17, 15) is 8.42 Å². The molecule has 0 unspecified atom stereocenters. The summed E-state index contributed by atoms with van der Waals surface area (Å²) in [5.74, 6) is 0. The van der Waals surface area contributed by atoms with Crippen molar-refractivity contribution >= 4 is 10.0 Å². The Kier molecular flexibility index (Phi) is 6.59. The van der Waals surface area contributed by atoms with Gasteiger partial charge in [0.25, 0.3) is 0 Å². The molecule has 1 aromatic rings. The molecule has 0 saturated carbocycles. The summed E-state index contributed by atoms with van der Waals surface area (Å²) in [4.78, 5) is 4.82. The fourth-order valence-electron chi connectivity index (χ4n) is 3.24. The first-order valence-electron chi connectivity index (χ1n) is 8.28. The van der Waals surface area contributed by atoms with Crippen molar-refractivity contribution in [1.29, 1.82) is 0 Å². The van der Waals surface area contributed by atoms with Crippen LogP contribution in [0.2, 0.25) is 0 Å². The van der Waals surface area contributed by atoms with Crippen LogP contribution < -0.4 is 4.72 Å². The van der Waals surface area contributed by atoms with Crippen molar-refractivity contribution in [2.45, 2.75) is 38.4 Å². The quantitative estimate of drug-likeness (QED) is 0.818. The molecule has 2 rings (SSSR count). The molecule has 2 atom stereocenters. The Bertz CT molecular complexity index is 577. The molecule has 5 nitrogen and oxygen atoms in total. The highest BCUT2D eigenvalue weighted by molar-refractivity contribution is 7.88. The van der Waals surface area contributed by atoms with Gasteiger partial charge in [-0.1, -0.05) is 30.3 Å². The Hall–Kier alpha value is -0.950. The van der Waals surface area contributed by atoms with E-state index in [0.29, 0.717) is 18.6 Å². The van der Waals surface area contributed by atoms with Crippen LogP contribution in [0.1, 0.15) is 25.3 Å². The number of hydrogen-bond acceptors (Lipinski definition) is 4. The van der Waals surface area contributed by atoms with E-state index in [1.54, 1.807) is 0 Å². The summed E-state index contributed by atoms with van der Waals surface area (Å²) in [7, 11) is -0.998. The van der Waals surface area contributed by atoms with Gasteiger partial charge in [-0.3, -0.25) is 4.90 Å². The Morgan fingerprint density at radius 2 is 2.00 bits per heavy atom. The van der Waals surface area contributed by atoms with Crippen molar-refractivity contribution < 1.29 is 8.42 Å². The predicted octanol–water partition coefficient (Wildman–Crippen LogP) is 1.52. The van der Waals surface area contributed by atoms with E-state index in [4.69, 9.17) is 0 Å². The molecular formula is C17H29N3O2S. The summed E-state index contributed by atoms with van der Waals surface area (Å²) in [6.45, 7) is 5.62. The summed E-state index contributed by atoms with van der Waals surface area (Å²) in [6, 6.07) is 11.7. The van der Waals surface area contributed by atoms with E-state index in [-0.39, 0.29) is 0 Å². The lowest BCUT2D eigenvalue weighted by Crippen LogP contribution is -2.48. The van der Waals surface area contributed by atoms with E-state index in [1.165, 1.54) is 11.8 Å². The normalized spacial score (nSPS) is 23.3. The third-order valence-electron chi connectivity index (χ3n) is 4.67. The summed E-state index contributed by atoms with van der Waals surface area (Å²) in [5.41, 5.74) is 1.36. The minimum atomic E-state index is -3.09. The van der Waals surface area contributed by atoms with E-state index < -0.39 is 10.0 Å². The van der Waals surface area contributed by atoms with Crippen molar-refractivity contribution in [2.24, 2.45) is 0 Å². The molecule has 0 aromatic heterocycles. The third kappa shape index (κ3) is 6.22. The number of likely N-dealkylation sites (N-methyl/N-ethyl adjacent to an activating group) is 1. The standard InChI is InChI=1S/C17H29N3O2S/c1-15-13-17(19(2)12-10-18-23(3,21)22)9-11-20(15)14-16-7-5-4-6-8-16/h4-8,15,17-18H,9-14H2,1-3H3/t15-,17+/m0/s1. The Balaban J connectivity index is 1.78. The largest absolute Gasteiger partial charge is 0.302 e. The van der Waals surface area contributed by atoms with E-state index in [1.807, 2.05) is 0 Å². The molecule has 0 bridgehead atoms. The highest BCUT2D eigenvalue weighted by Crippen LogP contribution is 2.22. The van der Waals surface area contributed by atoms with Crippen LogP contribution in [0, 0.1) is 0 Å². The molecule has 0 radical (unpaired) electrons. The average molecular weight is 340 g/mol. The summed E-state index contributed by atoms with van der Waals surface area (Å²) in [5, 5.41) is 0. The molecule has 1 fully saturated rings. The van der Waals surface area contributed by atoms with E-state index in [0.717, 1.165) is 32.5 Å². The number of nitrogens with one attached hydrogen (secondary N) is 1. The number of sulfonamides is 1. The number of likely N-dealkylation sites (tertiary alicyclic amines) is 1. The molecule has 0 aliphatic carbocycles. The minimum Gasteiger partial charge on any atom is -0.302 e. The molecule has 6 heteroatoms. The number of rotatable bonds is 7. The predicted molar refractivity (Wildman–Crippen MR) is 94.8 cm³/mol. The molecule has 130 valence electrons. The van der Waals surface area contributed by atoms with Crippen molar-refractivity contribution in [3.63, 3.8) is 0 Å². The number of nitrogens with zero attached hydrogens (tertiary/aromatic N) is 2. The van der Waals surface area contributed by atoms with Gasteiger partial charge in [0.15, 0.2) is 0 Å². The van der Waals surface area contributed by atoms with Gasteiger partial charge in [-0.25, -0.2) is 13.1 Å². The third-order valence-corrected chi connectivity index (χ3v) is 5.40. The van der Waals surface area contributed by atoms with Crippen molar-refractivity contribution in [2.75, 3.05) is 32.9 Å². The van der Waals surface area contributed by atoms with Crippen LogP contribution in [0.3, 0.4) is 0 Å². The lowest BCUT2D eigenvalue weighted by molar-refractivity contribution is 0.0814. The van der Waals surface area contributed by atoms with Crippen LogP contribution >= 0.6 is 0 Å². The molecular weight excluding hydrogens is 310 g/mol. The first-order chi connectivity index (χ1) is 10.8. The van der Waals surface area contributed by atoms with Gasteiger partial charge in [0.05, 0.1) is 6.26 Å². The van der Waals surface area contributed by atoms with Gasteiger partial charge in [0, 0.05) is 38.3 Å². The minimum absolute atomic E-state index is 0.480. The zero-order chi connectivity index (χ0) is 16.9. The number of hydrogen-bond donors (Lipinski definition) is 1. The lowest BCUT2D eigenvalue weighted by atomic mass is 9.96. The second kappa shape index (κ2) is 8.24. The summed E-state index contributed by atoms with van der Waals surface area (Å²) >= 11 is 0. The zero-order valence-corrected chi connectivity index (χ0v) is 15.2. The smallest absolute Gasteiger partial charge is 0.208 e. The van der Waals surface area contributed by atoms with Crippen LogP contribution in [-0.2, 0) is 16.6 Å². The van der Waals surface area contributed by atoms with Gasteiger partial charge in [-0.2, -0.15) is 0 Å². The lowest BCUT2D eigenvalue weighted by Gasteiger charge is -2.41. The van der Waals surface area contributed by atoms with E-state index in [2.05, 4.69) is 58.8 Å². The maximum atomic E-state index is 11.1. The maximum absolute atomic E-state index is 11.1. The fourth-order valence-corrected chi connectivity index (χ4v) is 3.70. The van der Waals surface area contributed by atoms with Gasteiger partial charge in [0.1, 0.15) is 0 Å². The highest BCUT2D eigenvalue weighted by Gasteiger charge is 2.27. The highest BCUT2D eigenvalue weighted by atomic mass is 32.2. The van der Waals surface area contributed by atoms with Crippen LogP contribution in [0.25, 0.3) is 0 Å². The first-order valence-corrected chi connectivity index (χ1v) is 10.2. The Morgan fingerprint density at radius 3 is 2.61 bits per heavy atom. The fraction of sp³-hybridized carbons (Fsp3) is 0.647. The van der Waals surface area contributed by atoms with Crippen molar-refractivity contribution in [1.82, 2.24) is 14.5 Å². The van der Waals surface area contributed by atoms with Crippen LogP contribution in [0.15, 0.2) is 30.3 Å². The molecule has 1 aliphatic rings. The van der Waals surface area contributed by atoms with Crippen molar-refractivity contribution in [3.05, 3.63) is 35.9 Å². The van der Waals surface area contributed by atoms with E-state index >= 15 is 0 Å². The molecule has 23 heavy (non-hydrogen) atoms. The summed E-state index contributed by atoms with van der Waals surface area (Å²) < 4.78 is 24.8. The molecule has 1 saturated heterocycles. The van der Waals surface area contributed by atoms with Gasteiger partial charge in [0.2, 0.25) is 10.0 Å². The Morgan fingerprint density at radius 1 is 1.30 bits per heavy atom. The van der Waals surface area contributed by atoms with Gasteiger partial charge < -0.3 is 4.90 Å². The monoisotopic (exact) mass is 339 g/mol. The van der Waals surface area contributed by atoms with Crippen LogP contribution in [0.5, 0.6) is 0 Å². The van der Waals surface area contributed by atoms with Crippen molar-refractivity contribution in [3.8, 4) is 0 Å². The zero-order valence-electron chi connectivity index (χ0n) is 14.4. The topological polar surface area (TPSA) is 52.7 Å². The molecule has 0 spiro atoms. The maximum Gasteiger partial charge on any atom is 0.208 e. The SMILES string of the molecule is C[C@H]1C[C@H](N(C)CCNS(C)(=O)=O)CCN1Cc1ccccc1. The first kappa shape index (κ1) is 18.4. The average Bonchev–Trinajstić information content (AvgIpc) is 2.49. The molecule has 1 heterocycles. The Labute approximate surface area is 140 Å². The van der Waals surface area contributed by atoms with Gasteiger partial charge in [-0.05, 0) is 32.4 Å².